The quantitative estimate of drug-likeness (QED) is 0.289. The summed E-state index contributed by atoms with van der Waals surface area (Å²) in [4.78, 5) is 4.68. The molecule has 1 heterocycles. The summed E-state index contributed by atoms with van der Waals surface area (Å²) < 4.78 is 7.37. The number of rotatable bonds is 10. The van der Waals surface area contributed by atoms with Gasteiger partial charge >= 0.3 is 0 Å². The van der Waals surface area contributed by atoms with Gasteiger partial charge in [-0.15, -0.1) is 10.2 Å². The van der Waals surface area contributed by atoms with Crippen molar-refractivity contribution in [1.29, 1.82) is 0 Å². The molecule has 0 bridgehead atoms. The molecule has 1 aromatic heterocycles. The van der Waals surface area contributed by atoms with E-state index in [9.17, 15) is 0 Å². The van der Waals surface area contributed by atoms with Crippen molar-refractivity contribution in [3.63, 3.8) is 0 Å². The maximum atomic E-state index is 5.39. The molecule has 7 nitrogen and oxygen atoms in total. The van der Waals surface area contributed by atoms with Gasteiger partial charge in [0.25, 0.3) is 0 Å². The number of allylic oxidation sites excluding steroid dienone is 1. The van der Waals surface area contributed by atoms with Gasteiger partial charge in [0.05, 0.1) is 0 Å². The van der Waals surface area contributed by atoms with Gasteiger partial charge in [0.15, 0.2) is 11.8 Å². The van der Waals surface area contributed by atoms with Gasteiger partial charge in [0.1, 0.15) is 12.4 Å². The molecule has 0 atom stereocenters. The fourth-order valence-electron chi connectivity index (χ4n) is 2.91. The Kier molecular flexibility index (Phi) is 9.17. The molecule has 0 spiro atoms. The lowest BCUT2D eigenvalue weighted by Crippen LogP contribution is -2.39. The second-order valence-corrected chi connectivity index (χ2v) is 6.65. The molecular formula is C19H34N6O. The van der Waals surface area contributed by atoms with Gasteiger partial charge in [-0.1, -0.05) is 11.6 Å². The van der Waals surface area contributed by atoms with Crippen LogP contribution >= 0.6 is 0 Å². The average molecular weight is 363 g/mol. The highest BCUT2D eigenvalue weighted by atomic mass is 16.5. The van der Waals surface area contributed by atoms with Crippen LogP contribution in [0.3, 0.4) is 0 Å². The largest absolute Gasteiger partial charge is 0.382 e. The van der Waals surface area contributed by atoms with Crippen LogP contribution in [0.5, 0.6) is 0 Å². The Labute approximate surface area is 157 Å². The van der Waals surface area contributed by atoms with Crippen LogP contribution in [0.4, 0.5) is 0 Å². The van der Waals surface area contributed by atoms with Gasteiger partial charge < -0.3 is 19.9 Å². The number of aromatic nitrogens is 3. The zero-order chi connectivity index (χ0) is 18.6. The predicted molar refractivity (Wildman–Crippen MR) is 105 cm³/mol. The van der Waals surface area contributed by atoms with Crippen LogP contribution in [0.2, 0.25) is 0 Å². The number of ether oxygens (including phenoxy) is 1. The summed E-state index contributed by atoms with van der Waals surface area (Å²) in [6.07, 6.45) is 9.59. The number of aryl methyl sites for hydroxylation is 1. The fraction of sp³-hybridized carbons (Fsp3) is 0.737. The minimum absolute atomic E-state index is 0.515. The molecule has 1 aromatic rings. The lowest BCUT2D eigenvalue weighted by Gasteiger charge is -2.15. The molecule has 146 valence electrons. The second-order valence-electron chi connectivity index (χ2n) is 6.65. The highest BCUT2D eigenvalue weighted by Gasteiger charge is 2.06. The standard InChI is InChI=1S/C19H34N6O/c1-4-26-14-8-12-20-19(21-13-11-17-9-6-5-7-10-17)22-15-18-24-23-16(2)25(18)3/h9H,4-8,10-15H2,1-3H3,(H2,20,21,22). The molecule has 0 aliphatic heterocycles. The Hall–Kier alpha value is -1.89. The monoisotopic (exact) mass is 362 g/mol. The predicted octanol–water partition coefficient (Wildman–Crippen LogP) is 2.48. The van der Waals surface area contributed by atoms with Crippen molar-refractivity contribution in [2.45, 2.75) is 58.9 Å². The van der Waals surface area contributed by atoms with Gasteiger partial charge in [-0.25, -0.2) is 4.99 Å². The maximum absolute atomic E-state index is 5.39. The first-order valence-corrected chi connectivity index (χ1v) is 9.83. The van der Waals surface area contributed by atoms with Crippen molar-refractivity contribution >= 4 is 5.96 Å². The number of hydrogen-bond acceptors (Lipinski definition) is 4. The van der Waals surface area contributed by atoms with Gasteiger partial charge in [0, 0.05) is 33.4 Å². The first kappa shape index (κ1) is 20.4. The van der Waals surface area contributed by atoms with E-state index in [1.165, 1.54) is 25.7 Å². The second kappa shape index (κ2) is 11.7. The molecule has 26 heavy (non-hydrogen) atoms. The van der Waals surface area contributed by atoms with E-state index in [2.05, 4.69) is 31.9 Å². The summed E-state index contributed by atoms with van der Waals surface area (Å²) in [7, 11) is 1.97. The van der Waals surface area contributed by atoms with E-state index in [0.717, 1.165) is 56.8 Å². The molecule has 0 saturated heterocycles. The zero-order valence-electron chi connectivity index (χ0n) is 16.6. The number of hydrogen-bond donors (Lipinski definition) is 2. The van der Waals surface area contributed by atoms with Crippen LogP contribution < -0.4 is 10.6 Å². The van der Waals surface area contributed by atoms with Crippen LogP contribution in [0, 0.1) is 6.92 Å². The van der Waals surface area contributed by atoms with Crippen LogP contribution in [0.1, 0.15) is 57.1 Å². The minimum Gasteiger partial charge on any atom is -0.382 e. The Morgan fingerprint density at radius 1 is 1.27 bits per heavy atom. The molecular weight excluding hydrogens is 328 g/mol. The van der Waals surface area contributed by atoms with E-state index in [-0.39, 0.29) is 0 Å². The van der Waals surface area contributed by atoms with E-state index < -0.39 is 0 Å². The van der Waals surface area contributed by atoms with Crippen molar-refractivity contribution in [3.05, 3.63) is 23.3 Å². The van der Waals surface area contributed by atoms with Crippen molar-refractivity contribution in [2.24, 2.45) is 12.0 Å². The smallest absolute Gasteiger partial charge is 0.191 e. The average Bonchev–Trinajstić information content (AvgIpc) is 2.98. The van der Waals surface area contributed by atoms with Gasteiger partial charge in [-0.05, 0) is 52.4 Å². The Bertz CT molecular complexity index is 593. The van der Waals surface area contributed by atoms with E-state index in [0.29, 0.717) is 6.54 Å². The molecule has 7 heteroatoms. The lowest BCUT2D eigenvalue weighted by molar-refractivity contribution is 0.145. The molecule has 1 aliphatic rings. The number of nitrogens with one attached hydrogen (secondary N) is 2. The number of guanidine groups is 1. The zero-order valence-corrected chi connectivity index (χ0v) is 16.6. The first-order chi connectivity index (χ1) is 12.7. The van der Waals surface area contributed by atoms with Crippen LogP contribution in [-0.4, -0.2) is 47.0 Å². The maximum Gasteiger partial charge on any atom is 0.191 e. The van der Waals surface area contributed by atoms with Gasteiger partial charge in [-0.3, -0.25) is 0 Å². The molecule has 0 radical (unpaired) electrons. The van der Waals surface area contributed by atoms with Crippen molar-refractivity contribution in [3.8, 4) is 0 Å². The first-order valence-electron chi connectivity index (χ1n) is 9.83. The summed E-state index contributed by atoms with van der Waals surface area (Å²) in [6, 6.07) is 0. The Morgan fingerprint density at radius 2 is 2.12 bits per heavy atom. The topological polar surface area (TPSA) is 76.4 Å². The Morgan fingerprint density at radius 3 is 2.81 bits per heavy atom. The molecule has 0 fully saturated rings. The highest BCUT2D eigenvalue weighted by Crippen LogP contribution is 2.19. The molecule has 0 amide bonds. The molecule has 2 rings (SSSR count). The van der Waals surface area contributed by atoms with E-state index in [4.69, 9.17) is 4.74 Å². The van der Waals surface area contributed by atoms with Gasteiger partial charge in [0.2, 0.25) is 0 Å². The summed E-state index contributed by atoms with van der Waals surface area (Å²) in [5.74, 6) is 2.60. The van der Waals surface area contributed by atoms with Crippen molar-refractivity contribution in [1.82, 2.24) is 25.4 Å². The van der Waals surface area contributed by atoms with Crippen LogP contribution in [0.25, 0.3) is 0 Å². The van der Waals surface area contributed by atoms with Crippen molar-refractivity contribution < 1.29 is 4.74 Å². The summed E-state index contributed by atoms with van der Waals surface area (Å²) >= 11 is 0. The number of aliphatic imine (C=N–C) groups is 1. The molecule has 1 aliphatic carbocycles. The normalized spacial score (nSPS) is 15.0. The molecule has 2 N–H and O–H groups in total. The summed E-state index contributed by atoms with van der Waals surface area (Å²) in [6.45, 7) is 7.76. The van der Waals surface area contributed by atoms with E-state index in [1.807, 2.05) is 25.5 Å². The lowest BCUT2D eigenvalue weighted by atomic mass is 9.97. The van der Waals surface area contributed by atoms with Gasteiger partial charge in [-0.2, -0.15) is 0 Å². The molecule has 0 unspecified atom stereocenters. The van der Waals surface area contributed by atoms with Crippen LogP contribution in [-0.2, 0) is 18.3 Å². The summed E-state index contributed by atoms with van der Waals surface area (Å²) in [5, 5.41) is 15.1. The van der Waals surface area contributed by atoms with E-state index in [1.54, 1.807) is 5.57 Å². The fourth-order valence-corrected chi connectivity index (χ4v) is 2.91. The number of nitrogens with zero attached hydrogens (tertiary/aromatic N) is 4. The van der Waals surface area contributed by atoms with Crippen molar-refractivity contribution in [2.75, 3.05) is 26.3 Å². The Balaban J connectivity index is 1.84. The summed E-state index contributed by atoms with van der Waals surface area (Å²) in [5.41, 5.74) is 1.57. The third-order valence-electron chi connectivity index (χ3n) is 4.65. The van der Waals surface area contributed by atoms with Crippen LogP contribution in [0.15, 0.2) is 16.6 Å². The van der Waals surface area contributed by atoms with E-state index >= 15 is 0 Å². The molecule has 0 aromatic carbocycles. The SMILES string of the molecule is CCOCCCNC(=NCc1nnc(C)n1C)NCCC1=CCCCC1. The third kappa shape index (κ3) is 7.15. The third-order valence-corrected chi connectivity index (χ3v) is 4.65. The highest BCUT2D eigenvalue weighted by molar-refractivity contribution is 5.79. The molecule has 0 saturated carbocycles. The minimum atomic E-state index is 0.515.